The van der Waals surface area contributed by atoms with Gasteiger partial charge in [-0.05, 0) is 12.8 Å². The van der Waals surface area contributed by atoms with Gasteiger partial charge in [-0.25, -0.2) is 9.59 Å². The van der Waals surface area contributed by atoms with Crippen LogP contribution in [-0.2, 0) is 13.0 Å². The smallest absolute Gasteiger partial charge is 0.332 e. The summed E-state index contributed by atoms with van der Waals surface area (Å²) in [4.78, 5) is 23.1. The monoisotopic (exact) mass is 336 g/mol. The third-order valence-corrected chi connectivity index (χ3v) is 7.42. The van der Waals surface area contributed by atoms with Gasteiger partial charge in [0.05, 0.1) is 12.3 Å². The van der Waals surface area contributed by atoms with Gasteiger partial charge in [0.25, 0.3) is 0 Å². The zero-order valence-electron chi connectivity index (χ0n) is 12.4. The number of carbonyl (C=O) groups excluding carboxylic acids is 2. The van der Waals surface area contributed by atoms with E-state index in [4.69, 9.17) is 13.0 Å². The molecule has 0 spiro atoms. The fourth-order valence-corrected chi connectivity index (χ4v) is 5.72. The zero-order valence-corrected chi connectivity index (χ0v) is 14.7. The molecule has 0 bridgehead atoms. The molecular weight excluding hydrogens is 312 g/mol. The largest absolute Gasteiger partial charge is 0.417 e. The lowest BCUT2D eigenvalue weighted by Gasteiger charge is -2.21. The molecule has 2 unspecified atom stereocenters. The summed E-state index contributed by atoms with van der Waals surface area (Å²) in [5, 5.41) is 11.0. The SMILES string of the molecule is CO[SiH]1CNC(=O)NCCCCNC(=O)NC[SiH](OC)O1. The van der Waals surface area contributed by atoms with Crippen LogP contribution in [0.25, 0.3) is 0 Å². The second kappa shape index (κ2) is 10.6. The van der Waals surface area contributed by atoms with Gasteiger partial charge in [0.1, 0.15) is 0 Å². The van der Waals surface area contributed by atoms with Crippen molar-refractivity contribution < 1.29 is 22.6 Å². The van der Waals surface area contributed by atoms with Crippen molar-refractivity contribution >= 4 is 30.6 Å². The van der Waals surface area contributed by atoms with E-state index in [1.54, 1.807) is 14.2 Å². The average Bonchev–Trinajstić information content (AvgIpc) is 2.49. The molecule has 11 heteroatoms. The molecule has 1 saturated heterocycles. The molecule has 122 valence electrons. The van der Waals surface area contributed by atoms with Crippen molar-refractivity contribution in [1.82, 2.24) is 21.3 Å². The van der Waals surface area contributed by atoms with Crippen LogP contribution in [0, 0.1) is 0 Å². The summed E-state index contributed by atoms with van der Waals surface area (Å²) in [5.74, 6) is 0. The molecule has 2 atom stereocenters. The zero-order chi connectivity index (χ0) is 15.5. The summed E-state index contributed by atoms with van der Waals surface area (Å²) in [6, 6.07) is -0.471. The Morgan fingerprint density at radius 2 is 1.29 bits per heavy atom. The maximum absolute atomic E-state index is 11.6. The number of urea groups is 2. The highest BCUT2D eigenvalue weighted by Gasteiger charge is 2.22. The second-order valence-corrected chi connectivity index (χ2v) is 9.01. The maximum Gasteiger partial charge on any atom is 0.332 e. The molecule has 1 aliphatic heterocycles. The predicted molar refractivity (Wildman–Crippen MR) is 81.4 cm³/mol. The van der Waals surface area contributed by atoms with Crippen molar-refractivity contribution in [2.75, 3.05) is 39.6 Å². The van der Waals surface area contributed by atoms with Crippen LogP contribution in [0.2, 0.25) is 0 Å². The number of hydrogen-bond acceptors (Lipinski definition) is 5. The van der Waals surface area contributed by atoms with Gasteiger partial charge >= 0.3 is 30.6 Å². The molecule has 0 aromatic carbocycles. The predicted octanol–water partition coefficient (Wildman–Crippen LogP) is -1.79. The van der Waals surface area contributed by atoms with E-state index >= 15 is 0 Å². The van der Waals surface area contributed by atoms with E-state index < -0.39 is 18.6 Å². The Labute approximate surface area is 127 Å². The summed E-state index contributed by atoms with van der Waals surface area (Å²) >= 11 is 0. The van der Waals surface area contributed by atoms with Crippen LogP contribution in [0.15, 0.2) is 0 Å². The van der Waals surface area contributed by atoms with Gasteiger partial charge < -0.3 is 34.2 Å². The summed E-state index contributed by atoms with van der Waals surface area (Å²) in [5.41, 5.74) is 0. The van der Waals surface area contributed by atoms with Crippen LogP contribution < -0.4 is 21.3 Å². The van der Waals surface area contributed by atoms with E-state index in [1.807, 2.05) is 0 Å². The van der Waals surface area contributed by atoms with E-state index in [0.29, 0.717) is 25.4 Å². The molecule has 0 saturated carbocycles. The minimum Gasteiger partial charge on any atom is -0.417 e. The van der Waals surface area contributed by atoms with Gasteiger partial charge in [0, 0.05) is 27.3 Å². The van der Waals surface area contributed by atoms with E-state index in [-0.39, 0.29) is 12.1 Å². The molecule has 0 aromatic rings. The van der Waals surface area contributed by atoms with E-state index in [2.05, 4.69) is 21.3 Å². The first-order valence-electron chi connectivity index (χ1n) is 6.90. The Kier molecular flexibility index (Phi) is 9.00. The van der Waals surface area contributed by atoms with Gasteiger partial charge in [-0.3, -0.25) is 0 Å². The van der Waals surface area contributed by atoms with Gasteiger partial charge in [0.2, 0.25) is 0 Å². The van der Waals surface area contributed by atoms with Crippen LogP contribution in [0.5, 0.6) is 0 Å². The Bertz CT molecular complexity index is 307. The van der Waals surface area contributed by atoms with Gasteiger partial charge in [-0.2, -0.15) is 0 Å². The van der Waals surface area contributed by atoms with Crippen LogP contribution in [0.4, 0.5) is 9.59 Å². The molecule has 1 heterocycles. The average molecular weight is 336 g/mol. The highest BCUT2D eigenvalue weighted by atomic mass is 28.4. The number of nitrogens with one attached hydrogen (secondary N) is 4. The van der Waals surface area contributed by atoms with Crippen molar-refractivity contribution in [3.05, 3.63) is 0 Å². The van der Waals surface area contributed by atoms with Crippen molar-refractivity contribution in [2.45, 2.75) is 12.8 Å². The number of hydrogen-bond donors (Lipinski definition) is 4. The standard InChI is InChI=1S/C10H24N4O5Si2/c1-17-20-7-13-9(15)11-5-3-4-6-12-10(16)14-8-21(18-2)19-20/h20-21H,3-8H2,1-2H3,(H2,11,13,15)(H2,12,14,16). The Balaban J connectivity index is 2.55. The first-order chi connectivity index (χ1) is 10.2. The molecule has 21 heavy (non-hydrogen) atoms. The minimum absolute atomic E-state index is 0.235. The fourth-order valence-electron chi connectivity index (χ4n) is 1.67. The molecule has 0 aliphatic carbocycles. The van der Waals surface area contributed by atoms with E-state index in [0.717, 1.165) is 12.8 Å². The molecular formula is C10H24N4O5Si2. The Hall–Kier alpha value is -1.15. The third-order valence-electron chi connectivity index (χ3n) is 2.86. The number of carbonyl (C=O) groups is 2. The topological polar surface area (TPSA) is 110 Å². The molecule has 1 rings (SSSR count). The van der Waals surface area contributed by atoms with Crippen molar-refractivity contribution in [1.29, 1.82) is 0 Å². The number of amides is 4. The minimum atomic E-state index is -2.04. The first-order valence-corrected chi connectivity index (χ1v) is 10.4. The third kappa shape index (κ3) is 8.01. The lowest BCUT2D eigenvalue weighted by atomic mass is 10.3. The molecule has 1 aliphatic rings. The van der Waals surface area contributed by atoms with Crippen LogP contribution in [0.1, 0.15) is 12.8 Å². The van der Waals surface area contributed by atoms with E-state index in [9.17, 15) is 9.59 Å². The fraction of sp³-hybridized carbons (Fsp3) is 0.800. The molecule has 1 fully saturated rings. The van der Waals surface area contributed by atoms with Crippen LogP contribution in [-0.4, -0.2) is 70.3 Å². The quantitative estimate of drug-likeness (QED) is 0.445. The summed E-state index contributed by atoms with van der Waals surface area (Å²) in [7, 11) is -0.988. The molecule has 9 nitrogen and oxygen atoms in total. The molecule has 0 radical (unpaired) electrons. The Morgan fingerprint density at radius 3 is 1.67 bits per heavy atom. The first kappa shape index (κ1) is 17.9. The van der Waals surface area contributed by atoms with Gasteiger partial charge in [0.15, 0.2) is 0 Å². The van der Waals surface area contributed by atoms with Crippen molar-refractivity contribution in [3.63, 3.8) is 0 Å². The summed E-state index contributed by atoms with van der Waals surface area (Å²) in [6.07, 6.45) is 2.29. The Morgan fingerprint density at radius 1 is 0.857 bits per heavy atom. The summed E-state index contributed by atoms with van der Waals surface area (Å²) < 4.78 is 16.3. The molecule has 4 N–H and O–H groups in total. The van der Waals surface area contributed by atoms with Gasteiger partial charge in [-0.1, -0.05) is 0 Å². The van der Waals surface area contributed by atoms with Crippen molar-refractivity contribution in [3.8, 4) is 0 Å². The number of rotatable bonds is 2. The lowest BCUT2D eigenvalue weighted by Crippen LogP contribution is -2.49. The van der Waals surface area contributed by atoms with E-state index in [1.165, 1.54) is 0 Å². The maximum atomic E-state index is 11.6. The van der Waals surface area contributed by atoms with Crippen LogP contribution in [0.3, 0.4) is 0 Å². The van der Waals surface area contributed by atoms with Crippen molar-refractivity contribution in [2.24, 2.45) is 0 Å². The summed E-state index contributed by atoms with van der Waals surface area (Å²) in [6.45, 7) is 1.12. The highest BCUT2D eigenvalue weighted by Crippen LogP contribution is 1.93. The lowest BCUT2D eigenvalue weighted by molar-refractivity contribution is 0.238. The van der Waals surface area contributed by atoms with Gasteiger partial charge in [-0.15, -0.1) is 0 Å². The molecule has 4 amide bonds. The second-order valence-electron chi connectivity index (χ2n) is 4.45. The van der Waals surface area contributed by atoms with Crippen LogP contribution >= 0.6 is 0 Å². The molecule has 0 aromatic heterocycles. The highest BCUT2D eigenvalue weighted by molar-refractivity contribution is 6.59. The normalized spacial score (nSPS) is 26.4.